The Morgan fingerprint density at radius 1 is 1.44 bits per heavy atom. The molecule has 0 aliphatic heterocycles. The number of alkyl halides is 2. The molecule has 0 N–H and O–H groups in total. The fraction of sp³-hybridized carbons (Fsp3) is 0.429. The molecule has 0 saturated carbocycles. The lowest BCUT2D eigenvalue weighted by molar-refractivity contribution is 0.978. The Bertz CT molecular complexity index is 158. The first kappa shape index (κ1) is 7.17. The van der Waals surface area contributed by atoms with E-state index in [0.29, 0.717) is 0 Å². The fourth-order valence-electron chi connectivity index (χ4n) is 0.754. The second kappa shape index (κ2) is 2.76. The van der Waals surface area contributed by atoms with Crippen molar-refractivity contribution in [3.05, 3.63) is 23.8 Å². The molecule has 0 nitrogen and oxygen atoms in total. The molecule has 9 heavy (non-hydrogen) atoms. The standard InChI is InChI=1S/C7H8Cl2/c1-5-3-2-4-6(8)7(5)9/h2-4,6-7H,1H3. The van der Waals surface area contributed by atoms with Crippen LogP contribution in [0.3, 0.4) is 0 Å². The highest BCUT2D eigenvalue weighted by Gasteiger charge is 2.16. The van der Waals surface area contributed by atoms with Crippen molar-refractivity contribution in [1.82, 2.24) is 0 Å². The number of halogens is 2. The van der Waals surface area contributed by atoms with Gasteiger partial charge in [0.25, 0.3) is 0 Å². The van der Waals surface area contributed by atoms with Crippen LogP contribution in [0.5, 0.6) is 0 Å². The van der Waals surface area contributed by atoms with Gasteiger partial charge in [-0.15, -0.1) is 23.2 Å². The first-order valence-electron chi connectivity index (χ1n) is 2.85. The minimum atomic E-state index is -0.0309. The van der Waals surface area contributed by atoms with E-state index in [0.717, 1.165) is 5.57 Å². The molecule has 0 aromatic rings. The number of hydrogen-bond donors (Lipinski definition) is 0. The van der Waals surface area contributed by atoms with Crippen molar-refractivity contribution in [3.8, 4) is 0 Å². The third-order valence-corrected chi connectivity index (χ3v) is 2.51. The molecular weight excluding hydrogens is 155 g/mol. The molecule has 2 heteroatoms. The quantitative estimate of drug-likeness (QED) is 0.481. The van der Waals surface area contributed by atoms with Gasteiger partial charge in [-0.05, 0) is 6.92 Å². The second-order valence-electron chi connectivity index (χ2n) is 2.14. The van der Waals surface area contributed by atoms with Crippen LogP contribution in [0, 0.1) is 0 Å². The Morgan fingerprint density at radius 3 is 2.56 bits per heavy atom. The van der Waals surface area contributed by atoms with Crippen molar-refractivity contribution in [3.63, 3.8) is 0 Å². The number of allylic oxidation sites excluding steroid dienone is 4. The van der Waals surface area contributed by atoms with Crippen LogP contribution in [0.1, 0.15) is 6.92 Å². The smallest absolute Gasteiger partial charge is 0.0744 e. The van der Waals surface area contributed by atoms with Crippen LogP contribution in [-0.2, 0) is 0 Å². The highest BCUT2D eigenvalue weighted by atomic mass is 35.5. The predicted molar refractivity (Wildman–Crippen MR) is 42.2 cm³/mol. The van der Waals surface area contributed by atoms with E-state index in [4.69, 9.17) is 23.2 Å². The van der Waals surface area contributed by atoms with Crippen LogP contribution in [0.4, 0.5) is 0 Å². The zero-order valence-electron chi connectivity index (χ0n) is 5.14. The molecule has 0 bridgehead atoms. The topological polar surface area (TPSA) is 0 Å². The Balaban J connectivity index is 2.73. The van der Waals surface area contributed by atoms with E-state index in [1.807, 2.05) is 25.2 Å². The largest absolute Gasteiger partial charge is 0.116 e. The summed E-state index contributed by atoms with van der Waals surface area (Å²) in [6.07, 6.45) is 5.81. The maximum atomic E-state index is 5.87. The van der Waals surface area contributed by atoms with Crippen LogP contribution < -0.4 is 0 Å². The SMILES string of the molecule is CC1=CC=CC(Cl)C1Cl. The zero-order valence-corrected chi connectivity index (χ0v) is 6.65. The zero-order chi connectivity index (χ0) is 6.85. The summed E-state index contributed by atoms with van der Waals surface area (Å²) in [7, 11) is 0. The predicted octanol–water partition coefficient (Wildman–Crippen LogP) is 2.72. The van der Waals surface area contributed by atoms with Gasteiger partial charge < -0.3 is 0 Å². The lowest BCUT2D eigenvalue weighted by Crippen LogP contribution is -2.15. The fourth-order valence-corrected chi connectivity index (χ4v) is 1.19. The molecule has 2 atom stereocenters. The van der Waals surface area contributed by atoms with Gasteiger partial charge in [0.2, 0.25) is 0 Å². The third-order valence-electron chi connectivity index (χ3n) is 1.37. The number of hydrogen-bond acceptors (Lipinski definition) is 0. The molecular formula is C7H8Cl2. The molecule has 0 radical (unpaired) electrons. The van der Waals surface area contributed by atoms with E-state index < -0.39 is 0 Å². The Hall–Kier alpha value is 0.0600. The van der Waals surface area contributed by atoms with E-state index >= 15 is 0 Å². The summed E-state index contributed by atoms with van der Waals surface area (Å²) < 4.78 is 0. The van der Waals surface area contributed by atoms with Crippen molar-refractivity contribution in [2.24, 2.45) is 0 Å². The lowest BCUT2D eigenvalue weighted by atomic mass is 10.1. The average molecular weight is 163 g/mol. The molecule has 0 saturated heterocycles. The summed E-state index contributed by atoms with van der Waals surface area (Å²) >= 11 is 11.7. The van der Waals surface area contributed by atoms with Crippen LogP contribution in [0.15, 0.2) is 23.8 Å². The minimum absolute atomic E-state index is 0.0170. The Labute approximate surface area is 65.2 Å². The highest BCUT2D eigenvalue weighted by molar-refractivity contribution is 6.32. The van der Waals surface area contributed by atoms with Gasteiger partial charge in [-0.2, -0.15) is 0 Å². The molecule has 50 valence electrons. The second-order valence-corrected chi connectivity index (χ2v) is 3.12. The normalized spacial score (nSPS) is 34.3. The van der Waals surface area contributed by atoms with Gasteiger partial charge in [0.05, 0.1) is 10.8 Å². The first-order chi connectivity index (χ1) is 4.22. The van der Waals surface area contributed by atoms with Gasteiger partial charge in [-0.3, -0.25) is 0 Å². The number of rotatable bonds is 0. The summed E-state index contributed by atoms with van der Waals surface area (Å²) in [5.74, 6) is 0. The van der Waals surface area contributed by atoms with E-state index in [2.05, 4.69) is 0 Å². The molecule has 0 fully saturated rings. The van der Waals surface area contributed by atoms with E-state index in [1.54, 1.807) is 0 Å². The molecule has 1 rings (SSSR count). The summed E-state index contributed by atoms with van der Waals surface area (Å²) in [4.78, 5) is 0. The monoisotopic (exact) mass is 162 g/mol. The molecule has 0 aromatic heterocycles. The first-order valence-corrected chi connectivity index (χ1v) is 3.72. The summed E-state index contributed by atoms with van der Waals surface area (Å²) in [6.45, 7) is 1.98. The third kappa shape index (κ3) is 1.50. The van der Waals surface area contributed by atoms with Crippen molar-refractivity contribution in [2.75, 3.05) is 0 Å². The maximum Gasteiger partial charge on any atom is 0.0744 e. The molecule has 1 aliphatic carbocycles. The molecule has 0 aromatic carbocycles. The van der Waals surface area contributed by atoms with Crippen LogP contribution in [0.25, 0.3) is 0 Å². The van der Waals surface area contributed by atoms with Crippen molar-refractivity contribution in [2.45, 2.75) is 17.7 Å². The van der Waals surface area contributed by atoms with E-state index in [1.165, 1.54) is 0 Å². The minimum Gasteiger partial charge on any atom is -0.116 e. The van der Waals surface area contributed by atoms with Gasteiger partial charge in [0, 0.05) is 0 Å². The van der Waals surface area contributed by atoms with Crippen LogP contribution in [-0.4, -0.2) is 10.8 Å². The van der Waals surface area contributed by atoms with Crippen molar-refractivity contribution in [1.29, 1.82) is 0 Å². The van der Waals surface area contributed by atoms with Crippen molar-refractivity contribution < 1.29 is 0 Å². The maximum absolute atomic E-state index is 5.87. The lowest BCUT2D eigenvalue weighted by Gasteiger charge is -2.15. The molecule has 2 unspecified atom stereocenters. The molecule has 0 amide bonds. The highest BCUT2D eigenvalue weighted by Crippen LogP contribution is 2.22. The Morgan fingerprint density at radius 2 is 2.11 bits per heavy atom. The van der Waals surface area contributed by atoms with E-state index in [9.17, 15) is 0 Å². The molecule has 0 spiro atoms. The summed E-state index contributed by atoms with van der Waals surface area (Å²) in [5, 5.41) is -0.0478. The van der Waals surface area contributed by atoms with Crippen molar-refractivity contribution >= 4 is 23.2 Å². The molecule has 1 aliphatic rings. The summed E-state index contributed by atoms with van der Waals surface area (Å²) in [6, 6.07) is 0. The van der Waals surface area contributed by atoms with Gasteiger partial charge >= 0.3 is 0 Å². The van der Waals surface area contributed by atoms with Gasteiger partial charge in [0.15, 0.2) is 0 Å². The molecule has 0 heterocycles. The van der Waals surface area contributed by atoms with Crippen LogP contribution in [0.2, 0.25) is 0 Å². The van der Waals surface area contributed by atoms with E-state index in [-0.39, 0.29) is 10.8 Å². The van der Waals surface area contributed by atoms with Gasteiger partial charge in [0.1, 0.15) is 0 Å². The average Bonchev–Trinajstić information content (AvgIpc) is 1.83. The van der Waals surface area contributed by atoms with Crippen LogP contribution >= 0.6 is 23.2 Å². The van der Waals surface area contributed by atoms with Gasteiger partial charge in [-0.1, -0.05) is 23.8 Å². The van der Waals surface area contributed by atoms with Gasteiger partial charge in [-0.25, -0.2) is 0 Å². The summed E-state index contributed by atoms with van der Waals surface area (Å²) in [5.41, 5.74) is 1.14. The Kier molecular flexibility index (Phi) is 2.20.